The average molecular weight is 354 g/mol. The lowest BCUT2D eigenvalue weighted by Gasteiger charge is -2.23. The molecule has 4 nitrogen and oxygen atoms in total. The molecule has 0 radical (unpaired) electrons. The molecule has 0 aromatic heterocycles. The van der Waals surface area contributed by atoms with Gasteiger partial charge in [-0.25, -0.2) is 0 Å². The Morgan fingerprint density at radius 2 is 1.00 bits per heavy atom. The van der Waals surface area contributed by atoms with Gasteiger partial charge in [0.15, 0.2) is 12.6 Å². The van der Waals surface area contributed by atoms with Gasteiger partial charge in [-0.05, 0) is 61.1 Å². The van der Waals surface area contributed by atoms with E-state index in [9.17, 15) is 0 Å². The van der Waals surface area contributed by atoms with Gasteiger partial charge in [-0.15, -0.1) is 0 Å². The molecule has 0 N–H and O–H groups in total. The standard InChI is InChI=1S/C22H26O4/c1-3-15-23-21(5-1)25-19-11-7-17(8-12-19)18-9-13-20(14-10-18)26-22-6-2-4-16-24-22/h7-14,21-22H,1-6,15-16H2. The molecule has 2 atom stereocenters. The second-order valence-electron chi connectivity index (χ2n) is 6.88. The van der Waals surface area contributed by atoms with Crippen LogP contribution in [0.5, 0.6) is 11.5 Å². The van der Waals surface area contributed by atoms with Crippen LogP contribution in [0, 0.1) is 0 Å². The highest BCUT2D eigenvalue weighted by Crippen LogP contribution is 2.27. The fourth-order valence-electron chi connectivity index (χ4n) is 3.36. The van der Waals surface area contributed by atoms with Gasteiger partial charge in [0.05, 0.1) is 13.2 Å². The summed E-state index contributed by atoms with van der Waals surface area (Å²) in [5, 5.41) is 0. The van der Waals surface area contributed by atoms with Gasteiger partial charge in [0.2, 0.25) is 0 Å². The predicted octanol–water partition coefficient (Wildman–Crippen LogP) is 5.16. The van der Waals surface area contributed by atoms with E-state index >= 15 is 0 Å². The summed E-state index contributed by atoms with van der Waals surface area (Å²) >= 11 is 0. The third kappa shape index (κ3) is 4.57. The van der Waals surface area contributed by atoms with Crippen LogP contribution in [-0.4, -0.2) is 25.8 Å². The normalized spacial score (nSPS) is 23.4. The van der Waals surface area contributed by atoms with Crippen molar-refractivity contribution in [2.75, 3.05) is 13.2 Å². The van der Waals surface area contributed by atoms with Gasteiger partial charge < -0.3 is 18.9 Å². The highest BCUT2D eigenvalue weighted by atomic mass is 16.7. The molecule has 2 aromatic rings. The van der Waals surface area contributed by atoms with Crippen LogP contribution in [0.1, 0.15) is 38.5 Å². The molecule has 2 heterocycles. The zero-order valence-electron chi connectivity index (χ0n) is 15.1. The zero-order valence-corrected chi connectivity index (χ0v) is 15.1. The van der Waals surface area contributed by atoms with E-state index < -0.39 is 0 Å². The molecule has 0 spiro atoms. The molecule has 2 aliphatic heterocycles. The maximum absolute atomic E-state index is 5.89. The number of hydrogen-bond acceptors (Lipinski definition) is 4. The van der Waals surface area contributed by atoms with Crippen LogP contribution in [0.3, 0.4) is 0 Å². The van der Waals surface area contributed by atoms with E-state index in [0.717, 1.165) is 61.5 Å². The first-order valence-electron chi connectivity index (χ1n) is 9.64. The minimum absolute atomic E-state index is 0.104. The topological polar surface area (TPSA) is 36.9 Å². The van der Waals surface area contributed by atoms with Crippen molar-refractivity contribution >= 4 is 0 Å². The molecule has 4 heteroatoms. The lowest BCUT2D eigenvalue weighted by atomic mass is 10.1. The Morgan fingerprint density at radius 3 is 1.35 bits per heavy atom. The molecule has 0 amide bonds. The molecular weight excluding hydrogens is 328 g/mol. The van der Waals surface area contributed by atoms with Gasteiger partial charge in [-0.1, -0.05) is 24.3 Å². The van der Waals surface area contributed by atoms with Gasteiger partial charge in [0.1, 0.15) is 11.5 Å². The van der Waals surface area contributed by atoms with Gasteiger partial charge in [-0.3, -0.25) is 0 Å². The van der Waals surface area contributed by atoms with Crippen molar-refractivity contribution in [2.24, 2.45) is 0 Å². The highest BCUT2D eigenvalue weighted by molar-refractivity contribution is 5.64. The zero-order chi connectivity index (χ0) is 17.6. The Labute approximate surface area is 155 Å². The largest absolute Gasteiger partial charge is 0.465 e. The summed E-state index contributed by atoms with van der Waals surface area (Å²) in [6.45, 7) is 1.59. The van der Waals surface area contributed by atoms with Crippen molar-refractivity contribution in [1.29, 1.82) is 0 Å². The van der Waals surface area contributed by atoms with E-state index in [1.54, 1.807) is 0 Å². The molecule has 26 heavy (non-hydrogen) atoms. The first kappa shape index (κ1) is 17.4. The summed E-state index contributed by atoms with van der Waals surface area (Å²) in [5.41, 5.74) is 2.31. The van der Waals surface area contributed by atoms with E-state index in [2.05, 4.69) is 24.3 Å². The predicted molar refractivity (Wildman–Crippen MR) is 100 cm³/mol. The molecule has 0 aliphatic carbocycles. The summed E-state index contributed by atoms with van der Waals surface area (Å²) < 4.78 is 23.0. The van der Waals surface area contributed by atoms with Gasteiger partial charge in [0.25, 0.3) is 0 Å². The molecule has 2 unspecified atom stereocenters. The van der Waals surface area contributed by atoms with Crippen molar-refractivity contribution in [3.63, 3.8) is 0 Å². The van der Waals surface area contributed by atoms with E-state index in [1.165, 1.54) is 12.8 Å². The Bertz CT molecular complexity index is 607. The molecule has 2 aromatic carbocycles. The van der Waals surface area contributed by atoms with E-state index in [4.69, 9.17) is 18.9 Å². The molecule has 2 fully saturated rings. The van der Waals surface area contributed by atoms with E-state index in [0.29, 0.717) is 0 Å². The second kappa shape index (κ2) is 8.56. The first-order chi connectivity index (χ1) is 12.9. The lowest BCUT2D eigenvalue weighted by Crippen LogP contribution is -2.24. The Balaban J connectivity index is 1.35. The van der Waals surface area contributed by atoms with Crippen molar-refractivity contribution in [2.45, 2.75) is 51.1 Å². The van der Waals surface area contributed by atoms with Crippen molar-refractivity contribution in [1.82, 2.24) is 0 Å². The summed E-state index contributed by atoms with van der Waals surface area (Å²) in [6, 6.07) is 16.4. The van der Waals surface area contributed by atoms with Gasteiger partial charge in [-0.2, -0.15) is 0 Å². The van der Waals surface area contributed by atoms with Crippen LogP contribution in [0.15, 0.2) is 48.5 Å². The molecule has 138 valence electrons. The fraction of sp³-hybridized carbons (Fsp3) is 0.455. The Kier molecular flexibility index (Phi) is 5.72. The Hall–Kier alpha value is -2.04. The SMILES string of the molecule is c1cc(-c2ccc(OC3CCCCO3)cc2)ccc1OC1CCCCO1. The lowest BCUT2D eigenvalue weighted by molar-refractivity contribution is -0.106. The molecule has 0 saturated carbocycles. The summed E-state index contributed by atoms with van der Waals surface area (Å²) in [6.07, 6.45) is 6.33. The van der Waals surface area contributed by atoms with Crippen LogP contribution >= 0.6 is 0 Å². The average Bonchev–Trinajstić information content (AvgIpc) is 2.71. The van der Waals surface area contributed by atoms with Crippen molar-refractivity contribution < 1.29 is 18.9 Å². The first-order valence-corrected chi connectivity index (χ1v) is 9.64. The smallest absolute Gasteiger partial charge is 0.199 e. The molecule has 2 aliphatic rings. The maximum Gasteiger partial charge on any atom is 0.199 e. The van der Waals surface area contributed by atoms with Crippen LogP contribution in [0.25, 0.3) is 11.1 Å². The van der Waals surface area contributed by atoms with Crippen LogP contribution in [0.4, 0.5) is 0 Å². The summed E-state index contributed by atoms with van der Waals surface area (Å²) in [7, 11) is 0. The van der Waals surface area contributed by atoms with Crippen LogP contribution in [0.2, 0.25) is 0 Å². The van der Waals surface area contributed by atoms with Crippen molar-refractivity contribution in [3.8, 4) is 22.6 Å². The maximum atomic E-state index is 5.89. The van der Waals surface area contributed by atoms with E-state index in [1.807, 2.05) is 24.3 Å². The monoisotopic (exact) mass is 354 g/mol. The molecule has 0 bridgehead atoms. The number of benzene rings is 2. The molecule has 2 saturated heterocycles. The summed E-state index contributed by atoms with van der Waals surface area (Å²) in [5.74, 6) is 1.71. The number of rotatable bonds is 5. The fourth-order valence-corrected chi connectivity index (χ4v) is 3.36. The van der Waals surface area contributed by atoms with Crippen LogP contribution in [-0.2, 0) is 9.47 Å². The Morgan fingerprint density at radius 1 is 0.577 bits per heavy atom. The number of hydrogen-bond donors (Lipinski definition) is 0. The molecular formula is C22H26O4. The third-order valence-electron chi connectivity index (χ3n) is 4.85. The van der Waals surface area contributed by atoms with Gasteiger partial charge in [0, 0.05) is 12.8 Å². The molecule has 4 rings (SSSR count). The van der Waals surface area contributed by atoms with Crippen LogP contribution < -0.4 is 9.47 Å². The van der Waals surface area contributed by atoms with Crippen molar-refractivity contribution in [3.05, 3.63) is 48.5 Å². The summed E-state index contributed by atoms with van der Waals surface area (Å²) in [4.78, 5) is 0. The van der Waals surface area contributed by atoms with E-state index in [-0.39, 0.29) is 12.6 Å². The van der Waals surface area contributed by atoms with Gasteiger partial charge >= 0.3 is 0 Å². The highest BCUT2D eigenvalue weighted by Gasteiger charge is 2.16. The minimum atomic E-state index is -0.104. The minimum Gasteiger partial charge on any atom is -0.465 e. The quantitative estimate of drug-likeness (QED) is 0.743. The third-order valence-corrected chi connectivity index (χ3v) is 4.85. The second-order valence-corrected chi connectivity index (χ2v) is 6.88. The number of ether oxygens (including phenoxy) is 4.